The van der Waals surface area contributed by atoms with Crippen molar-refractivity contribution in [1.29, 1.82) is 0 Å². The molecule has 1 aliphatic heterocycles. The van der Waals surface area contributed by atoms with Gasteiger partial charge in [0.25, 0.3) is 0 Å². The number of aryl methyl sites for hydroxylation is 1. The van der Waals surface area contributed by atoms with Crippen molar-refractivity contribution in [2.24, 2.45) is 4.99 Å². The summed E-state index contributed by atoms with van der Waals surface area (Å²) in [6.07, 6.45) is 3.20. The number of aromatic amines is 1. The molecule has 0 atom stereocenters. The average Bonchev–Trinajstić information content (AvgIpc) is 3.27. The van der Waals surface area contributed by atoms with E-state index in [9.17, 15) is 4.79 Å². The van der Waals surface area contributed by atoms with Crippen LogP contribution in [0.25, 0.3) is 11.0 Å². The Hall–Kier alpha value is -3.22. The molecule has 0 saturated carbocycles. The first-order chi connectivity index (χ1) is 13.1. The van der Waals surface area contributed by atoms with Crippen LogP contribution in [0.4, 0.5) is 4.39 Å². The lowest BCUT2D eigenvalue weighted by molar-refractivity contribution is 0.103. The number of rotatable bonds is 5. The van der Waals surface area contributed by atoms with Gasteiger partial charge in [0.05, 0.1) is 12.1 Å². The number of aromatic nitrogens is 2. The number of benzene rings is 1. The molecular weight excluding hydrogens is 347 g/mol. The molecule has 27 heavy (non-hydrogen) atoms. The Morgan fingerprint density at radius 3 is 3.00 bits per heavy atom. The number of aliphatic imine (C=N–C) groups is 1. The quantitative estimate of drug-likeness (QED) is 0.705. The molecular formula is C20H19FN4O2. The number of likely N-dealkylation sites (N-methyl/N-ethyl adjacent to an activating group) is 1. The van der Waals surface area contributed by atoms with Gasteiger partial charge in [-0.3, -0.25) is 9.79 Å². The first-order valence-corrected chi connectivity index (χ1v) is 8.69. The summed E-state index contributed by atoms with van der Waals surface area (Å²) in [5.74, 6) is -0.236. The number of fused-ring (bicyclic) bond motifs is 1. The van der Waals surface area contributed by atoms with Crippen molar-refractivity contribution in [1.82, 2.24) is 14.9 Å². The van der Waals surface area contributed by atoms with E-state index in [0.29, 0.717) is 28.7 Å². The zero-order chi connectivity index (χ0) is 19.0. The minimum Gasteiger partial charge on any atom is -0.483 e. The van der Waals surface area contributed by atoms with E-state index in [1.165, 1.54) is 0 Å². The topological polar surface area (TPSA) is 70.6 Å². The molecule has 0 fully saturated rings. The largest absolute Gasteiger partial charge is 0.483 e. The van der Waals surface area contributed by atoms with Gasteiger partial charge in [-0.05, 0) is 30.7 Å². The molecule has 1 aliphatic rings. The van der Waals surface area contributed by atoms with E-state index in [1.54, 1.807) is 43.6 Å². The monoisotopic (exact) mass is 366 g/mol. The Morgan fingerprint density at radius 1 is 1.37 bits per heavy atom. The molecule has 0 unspecified atom stereocenters. The first-order valence-electron chi connectivity index (χ1n) is 8.69. The Balaban J connectivity index is 1.67. The summed E-state index contributed by atoms with van der Waals surface area (Å²) in [6, 6.07) is 6.77. The van der Waals surface area contributed by atoms with Gasteiger partial charge in [0.2, 0.25) is 0 Å². The zero-order valence-electron chi connectivity index (χ0n) is 15.1. The fraction of sp³-hybridized carbons (Fsp3) is 0.250. The maximum Gasteiger partial charge on any atom is 0.198 e. The number of nitrogens with one attached hydrogen (secondary N) is 1. The molecule has 0 saturated heterocycles. The molecule has 3 aromatic rings. The van der Waals surface area contributed by atoms with Gasteiger partial charge >= 0.3 is 0 Å². The van der Waals surface area contributed by atoms with Gasteiger partial charge in [-0.25, -0.2) is 9.37 Å². The zero-order valence-corrected chi connectivity index (χ0v) is 15.1. The van der Waals surface area contributed by atoms with E-state index in [2.05, 4.69) is 15.0 Å². The van der Waals surface area contributed by atoms with Crippen LogP contribution < -0.4 is 4.74 Å². The van der Waals surface area contributed by atoms with Crippen molar-refractivity contribution in [2.75, 3.05) is 26.7 Å². The van der Waals surface area contributed by atoms with E-state index in [0.717, 1.165) is 12.4 Å². The van der Waals surface area contributed by atoms with Gasteiger partial charge in [0.15, 0.2) is 17.3 Å². The summed E-state index contributed by atoms with van der Waals surface area (Å²) < 4.78 is 20.7. The second kappa shape index (κ2) is 6.83. The number of halogens is 1. The number of pyridine rings is 1. The molecule has 6 nitrogen and oxygen atoms in total. The second-order valence-corrected chi connectivity index (χ2v) is 6.51. The standard InChI is InChI=1S/C20H19FN4O2/c1-12-5-6-15(27-11-16-22-8-9-25(16)2)18(21)17(12)19(26)14-10-24-20-13(14)4-3-7-23-20/h3-7,10H,8-9,11H2,1-2H3,(H,23,24). The van der Waals surface area contributed by atoms with Gasteiger partial charge in [-0.2, -0.15) is 0 Å². The third-order valence-corrected chi connectivity index (χ3v) is 4.76. The van der Waals surface area contributed by atoms with Gasteiger partial charge in [-0.1, -0.05) is 6.07 Å². The molecule has 4 rings (SSSR count). The van der Waals surface area contributed by atoms with Crippen LogP contribution in [-0.2, 0) is 0 Å². The van der Waals surface area contributed by atoms with E-state index < -0.39 is 11.6 Å². The summed E-state index contributed by atoms with van der Waals surface area (Å²) in [5.41, 5.74) is 1.54. The molecule has 138 valence electrons. The third-order valence-electron chi connectivity index (χ3n) is 4.76. The number of ketones is 1. The Labute approximate surface area is 155 Å². The Kier molecular flexibility index (Phi) is 4.35. The van der Waals surface area contributed by atoms with Crippen LogP contribution in [0.1, 0.15) is 21.5 Å². The molecule has 0 amide bonds. The maximum atomic E-state index is 15.1. The summed E-state index contributed by atoms with van der Waals surface area (Å²) >= 11 is 0. The number of H-pyrrole nitrogens is 1. The highest BCUT2D eigenvalue weighted by molar-refractivity contribution is 6.16. The number of carbonyl (C=O) groups excluding carboxylic acids is 1. The molecule has 1 N–H and O–H groups in total. The molecule has 0 radical (unpaired) electrons. The van der Waals surface area contributed by atoms with Crippen LogP contribution in [-0.4, -0.2) is 53.2 Å². The minimum atomic E-state index is -0.653. The predicted molar refractivity (Wildman–Crippen MR) is 101 cm³/mol. The van der Waals surface area contributed by atoms with E-state index >= 15 is 4.39 Å². The smallest absolute Gasteiger partial charge is 0.198 e. The van der Waals surface area contributed by atoms with E-state index in [-0.39, 0.29) is 17.9 Å². The fourth-order valence-electron chi connectivity index (χ4n) is 3.20. The Morgan fingerprint density at radius 2 is 2.22 bits per heavy atom. The van der Waals surface area contributed by atoms with Crippen LogP contribution in [0.5, 0.6) is 5.75 Å². The van der Waals surface area contributed by atoms with Crippen molar-refractivity contribution >= 4 is 22.7 Å². The lowest BCUT2D eigenvalue weighted by atomic mass is 9.98. The van der Waals surface area contributed by atoms with Crippen molar-refractivity contribution in [3.05, 3.63) is 59.2 Å². The lowest BCUT2D eigenvalue weighted by Crippen LogP contribution is -2.28. The molecule has 7 heteroatoms. The highest BCUT2D eigenvalue weighted by Crippen LogP contribution is 2.28. The fourth-order valence-corrected chi connectivity index (χ4v) is 3.20. The number of hydrogen-bond acceptors (Lipinski definition) is 5. The van der Waals surface area contributed by atoms with Gasteiger partial charge in [0, 0.05) is 36.9 Å². The number of hydrogen-bond donors (Lipinski definition) is 1. The van der Waals surface area contributed by atoms with Crippen LogP contribution in [0.15, 0.2) is 41.7 Å². The van der Waals surface area contributed by atoms with Crippen LogP contribution in [0.2, 0.25) is 0 Å². The van der Waals surface area contributed by atoms with Crippen LogP contribution >= 0.6 is 0 Å². The summed E-state index contributed by atoms with van der Waals surface area (Å²) in [4.78, 5) is 26.5. The SMILES string of the molecule is Cc1ccc(OCC2=NCCN2C)c(F)c1C(=O)c1c[nH]c2ncccc12. The summed E-state index contributed by atoms with van der Waals surface area (Å²) in [5, 5.41) is 0.662. The minimum absolute atomic E-state index is 0.0129. The Bertz CT molecular complexity index is 1060. The van der Waals surface area contributed by atoms with Gasteiger partial charge < -0.3 is 14.6 Å². The molecule has 0 aliphatic carbocycles. The maximum absolute atomic E-state index is 15.1. The molecule has 2 aromatic heterocycles. The normalized spacial score (nSPS) is 13.9. The molecule has 0 bridgehead atoms. The third kappa shape index (κ3) is 3.05. The highest BCUT2D eigenvalue weighted by atomic mass is 19.1. The van der Waals surface area contributed by atoms with E-state index in [1.807, 2.05) is 11.9 Å². The van der Waals surface area contributed by atoms with Crippen LogP contribution in [0.3, 0.4) is 0 Å². The molecule has 3 heterocycles. The van der Waals surface area contributed by atoms with E-state index in [4.69, 9.17) is 4.74 Å². The van der Waals surface area contributed by atoms with Gasteiger partial charge in [-0.15, -0.1) is 0 Å². The summed E-state index contributed by atoms with van der Waals surface area (Å²) in [7, 11) is 1.92. The van der Waals surface area contributed by atoms with Gasteiger partial charge in [0.1, 0.15) is 18.1 Å². The number of amidine groups is 1. The second-order valence-electron chi connectivity index (χ2n) is 6.51. The van der Waals surface area contributed by atoms with Crippen LogP contribution in [0, 0.1) is 12.7 Å². The lowest BCUT2D eigenvalue weighted by Gasteiger charge is -2.16. The van der Waals surface area contributed by atoms with Crippen molar-refractivity contribution in [3.8, 4) is 5.75 Å². The van der Waals surface area contributed by atoms with Crippen molar-refractivity contribution in [2.45, 2.75) is 6.92 Å². The predicted octanol–water partition coefficient (Wildman–Crippen LogP) is 2.96. The van der Waals surface area contributed by atoms with Crippen molar-refractivity contribution in [3.63, 3.8) is 0 Å². The molecule has 1 aromatic carbocycles. The first kappa shape index (κ1) is 17.2. The molecule has 0 spiro atoms. The van der Waals surface area contributed by atoms with Crippen molar-refractivity contribution < 1.29 is 13.9 Å². The number of ether oxygens (including phenoxy) is 1. The number of nitrogens with zero attached hydrogens (tertiary/aromatic N) is 3. The highest BCUT2D eigenvalue weighted by Gasteiger charge is 2.23. The average molecular weight is 366 g/mol. The summed E-state index contributed by atoms with van der Waals surface area (Å²) in [6.45, 7) is 3.42. The number of carbonyl (C=O) groups is 1.